The Morgan fingerprint density at radius 3 is 2.40 bits per heavy atom. The second-order valence-corrected chi connectivity index (χ2v) is 5.14. The van der Waals surface area contributed by atoms with Gasteiger partial charge in [0.2, 0.25) is 0 Å². The van der Waals surface area contributed by atoms with E-state index in [0.717, 1.165) is 31.2 Å². The van der Waals surface area contributed by atoms with Gasteiger partial charge < -0.3 is 16.2 Å². The molecule has 0 fully saturated rings. The SMILES string of the molecule is CCCCCCC(=O)OCCCc1cc(N)cc(N)c1. The van der Waals surface area contributed by atoms with E-state index in [1.165, 1.54) is 12.8 Å². The quantitative estimate of drug-likeness (QED) is 0.413. The van der Waals surface area contributed by atoms with Crippen molar-refractivity contribution in [1.29, 1.82) is 0 Å². The highest BCUT2D eigenvalue weighted by Gasteiger charge is 2.03. The molecule has 112 valence electrons. The van der Waals surface area contributed by atoms with E-state index in [1.54, 1.807) is 6.07 Å². The highest BCUT2D eigenvalue weighted by molar-refractivity contribution is 5.69. The van der Waals surface area contributed by atoms with Crippen LogP contribution in [0.2, 0.25) is 0 Å². The van der Waals surface area contributed by atoms with Crippen LogP contribution in [-0.4, -0.2) is 12.6 Å². The maximum Gasteiger partial charge on any atom is 0.305 e. The molecule has 0 aliphatic carbocycles. The molecule has 1 rings (SSSR count). The summed E-state index contributed by atoms with van der Waals surface area (Å²) in [6.45, 7) is 2.61. The molecule has 1 aromatic rings. The number of ether oxygens (including phenoxy) is 1. The van der Waals surface area contributed by atoms with Crippen molar-refractivity contribution >= 4 is 17.3 Å². The minimum absolute atomic E-state index is 0.0896. The molecule has 0 heterocycles. The van der Waals surface area contributed by atoms with Crippen LogP contribution >= 0.6 is 0 Å². The topological polar surface area (TPSA) is 78.3 Å². The number of anilines is 2. The van der Waals surface area contributed by atoms with Gasteiger partial charge in [-0.3, -0.25) is 4.79 Å². The summed E-state index contributed by atoms with van der Waals surface area (Å²) in [5.41, 5.74) is 13.9. The van der Waals surface area contributed by atoms with Gasteiger partial charge in [-0.25, -0.2) is 0 Å². The van der Waals surface area contributed by atoms with E-state index in [4.69, 9.17) is 16.2 Å². The van der Waals surface area contributed by atoms with Crippen LogP contribution in [0.5, 0.6) is 0 Å². The first kappa shape index (κ1) is 16.3. The molecule has 20 heavy (non-hydrogen) atoms. The molecule has 4 N–H and O–H groups in total. The van der Waals surface area contributed by atoms with Crippen molar-refractivity contribution in [2.24, 2.45) is 0 Å². The zero-order chi connectivity index (χ0) is 14.8. The van der Waals surface area contributed by atoms with Gasteiger partial charge in [0.05, 0.1) is 6.61 Å². The van der Waals surface area contributed by atoms with Crippen molar-refractivity contribution in [2.75, 3.05) is 18.1 Å². The summed E-state index contributed by atoms with van der Waals surface area (Å²) < 4.78 is 5.20. The second-order valence-electron chi connectivity index (χ2n) is 5.14. The zero-order valence-corrected chi connectivity index (χ0v) is 12.4. The van der Waals surface area contributed by atoms with Gasteiger partial charge in [-0.1, -0.05) is 26.2 Å². The maximum absolute atomic E-state index is 11.5. The van der Waals surface area contributed by atoms with E-state index in [1.807, 2.05) is 12.1 Å². The number of unbranched alkanes of at least 4 members (excludes halogenated alkanes) is 3. The first-order valence-corrected chi connectivity index (χ1v) is 7.42. The van der Waals surface area contributed by atoms with Crippen LogP contribution in [0.15, 0.2) is 18.2 Å². The van der Waals surface area contributed by atoms with Gasteiger partial charge >= 0.3 is 5.97 Å². The van der Waals surface area contributed by atoms with Crippen LogP contribution < -0.4 is 11.5 Å². The first-order valence-electron chi connectivity index (χ1n) is 7.42. The standard InChI is InChI=1S/C16H26N2O2/c1-2-3-4-5-8-16(19)20-9-6-7-13-10-14(17)12-15(18)11-13/h10-12H,2-9,17-18H2,1H3. The summed E-state index contributed by atoms with van der Waals surface area (Å²) >= 11 is 0. The molecule has 0 aromatic heterocycles. The number of carbonyl (C=O) groups excluding carboxylic acids is 1. The summed E-state index contributed by atoms with van der Waals surface area (Å²) in [6.07, 6.45) is 6.54. The first-order chi connectivity index (χ1) is 9.61. The highest BCUT2D eigenvalue weighted by Crippen LogP contribution is 2.15. The fraction of sp³-hybridized carbons (Fsp3) is 0.562. The Balaban J connectivity index is 2.13. The van der Waals surface area contributed by atoms with Crippen LogP contribution in [0.25, 0.3) is 0 Å². The van der Waals surface area contributed by atoms with Crippen LogP contribution in [0, 0.1) is 0 Å². The van der Waals surface area contributed by atoms with Gasteiger partial charge in [0.1, 0.15) is 0 Å². The number of hydrogen-bond acceptors (Lipinski definition) is 4. The fourth-order valence-corrected chi connectivity index (χ4v) is 2.12. The molecule has 0 bridgehead atoms. The number of carbonyl (C=O) groups is 1. The van der Waals surface area contributed by atoms with Gasteiger partial charge in [0, 0.05) is 17.8 Å². The molecule has 0 amide bonds. The highest BCUT2D eigenvalue weighted by atomic mass is 16.5. The van der Waals surface area contributed by atoms with E-state index in [0.29, 0.717) is 24.4 Å². The van der Waals surface area contributed by atoms with Gasteiger partial charge in [0.25, 0.3) is 0 Å². The third-order valence-electron chi connectivity index (χ3n) is 3.14. The molecule has 0 saturated heterocycles. The normalized spacial score (nSPS) is 10.4. The number of hydrogen-bond donors (Lipinski definition) is 2. The lowest BCUT2D eigenvalue weighted by Gasteiger charge is -2.06. The number of benzene rings is 1. The van der Waals surface area contributed by atoms with Crippen molar-refractivity contribution in [3.8, 4) is 0 Å². The van der Waals surface area contributed by atoms with Gasteiger partial charge in [-0.2, -0.15) is 0 Å². The third kappa shape index (κ3) is 7.02. The lowest BCUT2D eigenvalue weighted by molar-refractivity contribution is -0.143. The van der Waals surface area contributed by atoms with Crippen molar-refractivity contribution in [3.63, 3.8) is 0 Å². The smallest absolute Gasteiger partial charge is 0.305 e. The lowest BCUT2D eigenvalue weighted by atomic mass is 10.1. The van der Waals surface area contributed by atoms with Crippen LogP contribution in [-0.2, 0) is 16.0 Å². The van der Waals surface area contributed by atoms with E-state index in [-0.39, 0.29) is 5.97 Å². The van der Waals surface area contributed by atoms with Gasteiger partial charge in [-0.15, -0.1) is 0 Å². The van der Waals surface area contributed by atoms with E-state index >= 15 is 0 Å². The Kier molecular flexibility index (Phi) is 7.55. The largest absolute Gasteiger partial charge is 0.466 e. The predicted molar refractivity (Wildman–Crippen MR) is 83.3 cm³/mol. The molecule has 0 saturated carbocycles. The zero-order valence-electron chi connectivity index (χ0n) is 12.4. The predicted octanol–water partition coefficient (Wildman–Crippen LogP) is 3.30. The summed E-state index contributed by atoms with van der Waals surface area (Å²) in [5.74, 6) is -0.0896. The summed E-state index contributed by atoms with van der Waals surface area (Å²) in [5, 5.41) is 0. The van der Waals surface area contributed by atoms with Crippen LogP contribution in [0.3, 0.4) is 0 Å². The monoisotopic (exact) mass is 278 g/mol. The van der Waals surface area contributed by atoms with Crippen molar-refractivity contribution in [1.82, 2.24) is 0 Å². The minimum atomic E-state index is -0.0896. The molecule has 0 spiro atoms. The number of rotatable bonds is 9. The average molecular weight is 278 g/mol. The Labute approximate surface area is 121 Å². The molecule has 0 atom stereocenters. The van der Waals surface area contributed by atoms with E-state index < -0.39 is 0 Å². The molecular weight excluding hydrogens is 252 g/mol. The molecule has 0 aliphatic rings. The summed E-state index contributed by atoms with van der Waals surface area (Å²) in [7, 11) is 0. The Morgan fingerprint density at radius 2 is 1.75 bits per heavy atom. The molecular formula is C16H26N2O2. The van der Waals surface area contributed by atoms with Crippen molar-refractivity contribution < 1.29 is 9.53 Å². The molecule has 0 aliphatic heterocycles. The molecule has 4 nitrogen and oxygen atoms in total. The Morgan fingerprint density at radius 1 is 1.05 bits per heavy atom. The number of aryl methyl sites for hydroxylation is 1. The van der Waals surface area contributed by atoms with Crippen LogP contribution in [0.4, 0.5) is 11.4 Å². The molecule has 4 heteroatoms. The summed E-state index contributed by atoms with van der Waals surface area (Å²) in [4.78, 5) is 11.5. The maximum atomic E-state index is 11.5. The van der Waals surface area contributed by atoms with Gasteiger partial charge in [0.15, 0.2) is 0 Å². The second kappa shape index (κ2) is 9.23. The number of esters is 1. The summed E-state index contributed by atoms with van der Waals surface area (Å²) in [6, 6.07) is 5.55. The molecule has 1 aromatic carbocycles. The van der Waals surface area contributed by atoms with E-state index in [9.17, 15) is 4.79 Å². The Bertz CT molecular complexity index is 399. The number of nitrogen functional groups attached to an aromatic ring is 2. The number of nitrogens with two attached hydrogens (primary N) is 2. The Hall–Kier alpha value is -1.71. The molecule has 0 unspecified atom stereocenters. The third-order valence-corrected chi connectivity index (χ3v) is 3.14. The molecule has 0 radical (unpaired) electrons. The van der Waals surface area contributed by atoms with Crippen molar-refractivity contribution in [2.45, 2.75) is 51.9 Å². The average Bonchev–Trinajstić information content (AvgIpc) is 2.39. The minimum Gasteiger partial charge on any atom is -0.466 e. The van der Waals surface area contributed by atoms with E-state index in [2.05, 4.69) is 6.92 Å². The van der Waals surface area contributed by atoms with Crippen molar-refractivity contribution in [3.05, 3.63) is 23.8 Å². The van der Waals surface area contributed by atoms with Gasteiger partial charge in [-0.05, 0) is 43.0 Å². The fourth-order valence-electron chi connectivity index (χ4n) is 2.12. The van der Waals surface area contributed by atoms with Crippen LogP contribution in [0.1, 0.15) is 51.0 Å². The lowest BCUT2D eigenvalue weighted by Crippen LogP contribution is -2.06.